The van der Waals surface area contributed by atoms with E-state index in [1.807, 2.05) is 12.1 Å². The van der Waals surface area contributed by atoms with Gasteiger partial charge in [-0.25, -0.2) is 4.39 Å². The van der Waals surface area contributed by atoms with Crippen molar-refractivity contribution in [2.45, 2.75) is 12.8 Å². The van der Waals surface area contributed by atoms with Gasteiger partial charge in [-0.1, -0.05) is 11.8 Å². The van der Waals surface area contributed by atoms with Gasteiger partial charge in [0.1, 0.15) is 11.6 Å². The summed E-state index contributed by atoms with van der Waals surface area (Å²) >= 11 is 0. The normalized spacial score (nSPS) is 9.81. The molecule has 0 saturated carbocycles. The number of hydrogen-bond acceptors (Lipinski definition) is 3. The number of aromatic nitrogens is 1. The third-order valence-corrected chi connectivity index (χ3v) is 2.80. The number of ether oxygens (including phenoxy) is 1. The van der Waals surface area contributed by atoms with Gasteiger partial charge in [-0.3, -0.25) is 4.98 Å². The number of nitrogens with zero attached hydrogens (tertiary/aromatic N) is 1. The first-order chi connectivity index (χ1) is 10.3. The molecule has 1 N–H and O–H groups in total. The van der Waals surface area contributed by atoms with E-state index in [9.17, 15) is 4.39 Å². The molecule has 21 heavy (non-hydrogen) atoms. The smallest absolute Gasteiger partial charge is 0.135 e. The molecule has 0 atom stereocenters. The van der Waals surface area contributed by atoms with Crippen molar-refractivity contribution in [2.24, 2.45) is 0 Å². The van der Waals surface area contributed by atoms with Crippen LogP contribution in [-0.4, -0.2) is 23.3 Å². The molecular weight excluding hydrogens is 269 g/mol. The Bertz CT molecular complexity index is 632. The highest BCUT2D eigenvalue weighted by Gasteiger charge is 2.03. The molecule has 2 rings (SSSR count). The van der Waals surface area contributed by atoms with E-state index >= 15 is 0 Å². The number of aliphatic hydroxyl groups excluding tert-OH is 1. The lowest BCUT2D eigenvalue weighted by Gasteiger charge is -2.08. The minimum absolute atomic E-state index is 0.0133. The molecule has 0 saturated heterocycles. The number of benzene rings is 1. The van der Waals surface area contributed by atoms with Crippen LogP contribution in [-0.2, 0) is 6.42 Å². The molecule has 0 spiro atoms. The van der Waals surface area contributed by atoms with Gasteiger partial charge in [0.15, 0.2) is 0 Å². The summed E-state index contributed by atoms with van der Waals surface area (Å²) in [5.74, 6) is 5.79. The van der Waals surface area contributed by atoms with Crippen LogP contribution in [0.5, 0.6) is 5.75 Å². The van der Waals surface area contributed by atoms with Crippen molar-refractivity contribution in [3.05, 3.63) is 59.7 Å². The van der Waals surface area contributed by atoms with Crippen LogP contribution in [0.1, 0.15) is 17.5 Å². The zero-order valence-electron chi connectivity index (χ0n) is 11.6. The molecule has 0 aliphatic rings. The van der Waals surface area contributed by atoms with Crippen molar-refractivity contribution in [1.29, 1.82) is 0 Å². The highest BCUT2D eigenvalue weighted by atomic mass is 19.1. The first kappa shape index (κ1) is 15.0. The van der Waals surface area contributed by atoms with Crippen LogP contribution in [0.25, 0.3) is 0 Å². The van der Waals surface area contributed by atoms with Gasteiger partial charge in [0.05, 0.1) is 18.8 Å². The second kappa shape index (κ2) is 8.03. The quantitative estimate of drug-likeness (QED) is 0.859. The molecular formula is C17H16FNO2. The summed E-state index contributed by atoms with van der Waals surface area (Å²) in [7, 11) is 0. The third kappa shape index (κ3) is 4.90. The summed E-state index contributed by atoms with van der Waals surface area (Å²) in [6.45, 7) is 0.463. The van der Waals surface area contributed by atoms with Gasteiger partial charge < -0.3 is 9.84 Å². The van der Waals surface area contributed by atoms with Crippen LogP contribution >= 0.6 is 0 Å². The van der Waals surface area contributed by atoms with Crippen LogP contribution in [0.3, 0.4) is 0 Å². The van der Waals surface area contributed by atoms with Gasteiger partial charge in [-0.05, 0) is 35.9 Å². The van der Waals surface area contributed by atoms with E-state index in [1.54, 1.807) is 18.5 Å². The van der Waals surface area contributed by atoms with Crippen LogP contribution in [0.2, 0.25) is 0 Å². The minimum atomic E-state index is -0.357. The predicted octanol–water partition coefficient (Wildman–Crippen LogP) is 2.58. The fraction of sp³-hybridized carbons (Fsp3) is 0.235. The molecule has 2 aromatic rings. The maximum absolute atomic E-state index is 13.3. The molecule has 108 valence electrons. The summed E-state index contributed by atoms with van der Waals surface area (Å²) in [5, 5.41) is 8.72. The van der Waals surface area contributed by atoms with E-state index in [2.05, 4.69) is 16.8 Å². The van der Waals surface area contributed by atoms with E-state index in [4.69, 9.17) is 9.84 Å². The van der Waals surface area contributed by atoms with Crippen LogP contribution in [0.4, 0.5) is 4.39 Å². The van der Waals surface area contributed by atoms with Crippen molar-refractivity contribution in [1.82, 2.24) is 4.98 Å². The molecule has 0 aliphatic heterocycles. The summed E-state index contributed by atoms with van der Waals surface area (Å²) in [4.78, 5) is 3.96. The predicted molar refractivity (Wildman–Crippen MR) is 78.4 cm³/mol. The molecule has 0 radical (unpaired) electrons. The molecule has 4 heteroatoms. The number of halogens is 1. The highest BCUT2D eigenvalue weighted by Crippen LogP contribution is 2.19. The van der Waals surface area contributed by atoms with Gasteiger partial charge in [0.25, 0.3) is 0 Å². The van der Waals surface area contributed by atoms with Crippen molar-refractivity contribution >= 4 is 0 Å². The maximum atomic E-state index is 13.3. The van der Waals surface area contributed by atoms with Crippen LogP contribution < -0.4 is 4.74 Å². The fourth-order valence-corrected chi connectivity index (χ4v) is 1.77. The molecule has 1 aromatic carbocycles. The first-order valence-electron chi connectivity index (χ1n) is 6.70. The maximum Gasteiger partial charge on any atom is 0.135 e. The average molecular weight is 285 g/mol. The third-order valence-electron chi connectivity index (χ3n) is 2.80. The summed E-state index contributed by atoms with van der Waals surface area (Å²) < 4.78 is 18.9. The Morgan fingerprint density at radius 3 is 2.76 bits per heavy atom. The molecule has 0 fully saturated rings. The van der Waals surface area contributed by atoms with Gasteiger partial charge >= 0.3 is 0 Å². The Labute approximate surface area is 123 Å². The van der Waals surface area contributed by atoms with Gasteiger partial charge in [-0.15, -0.1) is 0 Å². The van der Waals surface area contributed by atoms with Crippen molar-refractivity contribution in [3.8, 4) is 17.6 Å². The lowest BCUT2D eigenvalue weighted by atomic mass is 10.2. The Kier molecular flexibility index (Phi) is 5.74. The summed E-state index contributed by atoms with van der Waals surface area (Å²) in [6.07, 6.45) is 4.56. The Hall–Kier alpha value is -2.38. The van der Waals surface area contributed by atoms with E-state index in [1.165, 1.54) is 12.1 Å². The second-order valence-corrected chi connectivity index (χ2v) is 4.37. The number of hydrogen-bond donors (Lipinski definition) is 1. The van der Waals surface area contributed by atoms with E-state index in [0.717, 1.165) is 12.0 Å². The van der Waals surface area contributed by atoms with E-state index in [0.29, 0.717) is 24.3 Å². The first-order valence-corrected chi connectivity index (χ1v) is 6.70. The monoisotopic (exact) mass is 285 g/mol. The number of pyridine rings is 1. The van der Waals surface area contributed by atoms with Gasteiger partial charge in [0, 0.05) is 25.2 Å². The van der Waals surface area contributed by atoms with E-state index in [-0.39, 0.29) is 12.4 Å². The average Bonchev–Trinajstić information content (AvgIpc) is 2.51. The lowest BCUT2D eigenvalue weighted by Crippen LogP contribution is -2.03. The Morgan fingerprint density at radius 2 is 2.00 bits per heavy atom. The lowest BCUT2D eigenvalue weighted by molar-refractivity contribution is 0.305. The second-order valence-electron chi connectivity index (χ2n) is 4.37. The van der Waals surface area contributed by atoms with Crippen LogP contribution in [0.15, 0.2) is 42.7 Å². The summed E-state index contributed by atoms with van der Waals surface area (Å²) in [5.41, 5.74) is 1.62. The van der Waals surface area contributed by atoms with E-state index < -0.39 is 0 Å². The Morgan fingerprint density at radius 1 is 1.19 bits per heavy atom. The summed E-state index contributed by atoms with van der Waals surface area (Å²) in [6, 6.07) is 8.11. The molecule has 1 heterocycles. The highest BCUT2D eigenvalue weighted by molar-refractivity contribution is 5.46. The molecule has 1 aromatic heterocycles. The standard InChI is InChI=1S/C17H16FNO2/c18-16-4-5-17(15(13-16)3-1-2-11-20)21-12-8-14-6-9-19-10-7-14/h4-7,9-10,13,20H,2,8,11-12H2. The van der Waals surface area contributed by atoms with Crippen molar-refractivity contribution in [3.63, 3.8) is 0 Å². The fourth-order valence-electron chi connectivity index (χ4n) is 1.77. The van der Waals surface area contributed by atoms with Crippen molar-refractivity contribution in [2.75, 3.05) is 13.2 Å². The number of rotatable bonds is 5. The van der Waals surface area contributed by atoms with Gasteiger partial charge in [0.2, 0.25) is 0 Å². The molecule has 0 bridgehead atoms. The number of aliphatic hydroxyl groups is 1. The molecule has 0 unspecified atom stereocenters. The Balaban J connectivity index is 2.01. The molecule has 0 aliphatic carbocycles. The largest absolute Gasteiger partial charge is 0.492 e. The zero-order valence-corrected chi connectivity index (χ0v) is 11.6. The molecule has 0 amide bonds. The molecule has 3 nitrogen and oxygen atoms in total. The van der Waals surface area contributed by atoms with Gasteiger partial charge in [-0.2, -0.15) is 0 Å². The minimum Gasteiger partial charge on any atom is -0.492 e. The topological polar surface area (TPSA) is 42.4 Å². The SMILES string of the molecule is OCCC#Cc1cc(F)ccc1OCCc1ccncc1. The zero-order chi connectivity index (χ0) is 14.9. The van der Waals surface area contributed by atoms with Crippen LogP contribution in [0, 0.1) is 17.7 Å². The van der Waals surface area contributed by atoms with Crippen molar-refractivity contribution < 1.29 is 14.2 Å².